The molecular formula is C18H32F2N2O3S. The smallest absolute Gasteiger partial charge is 0.241 e. The van der Waals surface area contributed by atoms with Gasteiger partial charge in [-0.3, -0.25) is 4.99 Å². The molecule has 0 aromatic carbocycles. The first kappa shape index (κ1) is 21.9. The average molecular weight is 395 g/mol. The van der Waals surface area contributed by atoms with E-state index in [-0.39, 0.29) is 24.0 Å². The maximum absolute atomic E-state index is 13.1. The monoisotopic (exact) mass is 394 g/mol. The Hall–Kier alpha value is -0.440. The summed E-state index contributed by atoms with van der Waals surface area (Å²) in [4.78, 5) is 6.67. The highest BCUT2D eigenvalue weighted by Crippen LogP contribution is 2.40. The summed E-state index contributed by atoms with van der Waals surface area (Å²) in [6.45, 7) is 5.27. The molecule has 0 radical (unpaired) electrons. The fourth-order valence-corrected chi connectivity index (χ4v) is 4.25. The number of hydrogen-bond donors (Lipinski definition) is 0. The highest BCUT2D eigenvalue weighted by Gasteiger charge is 2.51. The number of alkyl halides is 2. The van der Waals surface area contributed by atoms with E-state index in [2.05, 4.69) is 13.8 Å². The third-order valence-electron chi connectivity index (χ3n) is 4.51. The first-order valence-corrected chi connectivity index (χ1v) is 10.4. The van der Waals surface area contributed by atoms with Gasteiger partial charge in [-0.1, -0.05) is 38.5 Å². The van der Waals surface area contributed by atoms with Gasteiger partial charge < -0.3 is 19.1 Å². The van der Waals surface area contributed by atoms with Crippen LogP contribution in [-0.2, 0) is 14.2 Å². The topological polar surface area (TPSA) is 43.3 Å². The van der Waals surface area contributed by atoms with Crippen LogP contribution in [0.3, 0.4) is 0 Å². The second-order valence-electron chi connectivity index (χ2n) is 6.96. The maximum atomic E-state index is 13.1. The number of aliphatic imine (C=N–C) groups is 1. The molecule has 5 nitrogen and oxygen atoms in total. The van der Waals surface area contributed by atoms with E-state index in [1.165, 1.54) is 11.8 Å². The lowest BCUT2D eigenvalue weighted by Crippen LogP contribution is -2.57. The Bertz CT molecular complexity index is 454. The predicted molar refractivity (Wildman–Crippen MR) is 101 cm³/mol. The molecule has 2 aliphatic heterocycles. The molecule has 1 fully saturated rings. The van der Waals surface area contributed by atoms with E-state index in [9.17, 15) is 8.78 Å². The number of unbranched alkanes of at least 4 members (excludes halogenated alkanes) is 2. The number of amidine groups is 1. The standard InChI is InChI=1S/C18H32F2N2O3S/c1-5-7-9-23-15-12(11-13(19)20)25-17-14(16(15)24-10-8-6-2)21-18(26-17)22(3)4/h12-17H,5-11H2,1-4H3/t12-,14-,15-,16-,17-/m1/s1. The molecule has 0 unspecified atom stereocenters. The number of rotatable bonds is 10. The number of thioether (sulfide) groups is 1. The highest BCUT2D eigenvalue weighted by atomic mass is 32.2. The Balaban J connectivity index is 2.19. The normalized spacial score (nSPS) is 31.2. The zero-order chi connectivity index (χ0) is 19.1. The van der Waals surface area contributed by atoms with Gasteiger partial charge in [0.25, 0.3) is 0 Å². The molecule has 0 aromatic rings. The first-order chi connectivity index (χ1) is 12.5. The van der Waals surface area contributed by atoms with Crippen LogP contribution in [0.4, 0.5) is 8.78 Å². The number of halogens is 2. The van der Waals surface area contributed by atoms with E-state index in [4.69, 9.17) is 19.2 Å². The minimum Gasteiger partial charge on any atom is -0.373 e. The van der Waals surface area contributed by atoms with Gasteiger partial charge >= 0.3 is 0 Å². The molecule has 26 heavy (non-hydrogen) atoms. The summed E-state index contributed by atoms with van der Waals surface area (Å²) in [7, 11) is 3.84. The van der Waals surface area contributed by atoms with Crippen LogP contribution < -0.4 is 0 Å². The van der Waals surface area contributed by atoms with Crippen molar-refractivity contribution in [1.29, 1.82) is 0 Å². The summed E-state index contributed by atoms with van der Waals surface area (Å²) in [6, 6.07) is -0.227. The molecule has 0 spiro atoms. The van der Waals surface area contributed by atoms with Gasteiger partial charge in [-0.25, -0.2) is 8.78 Å². The van der Waals surface area contributed by atoms with E-state index in [1.807, 2.05) is 19.0 Å². The van der Waals surface area contributed by atoms with Crippen molar-refractivity contribution in [3.63, 3.8) is 0 Å². The van der Waals surface area contributed by atoms with Crippen LogP contribution >= 0.6 is 11.8 Å². The van der Waals surface area contributed by atoms with Crippen LogP contribution in [0.1, 0.15) is 46.0 Å². The Morgan fingerprint density at radius 1 is 1.12 bits per heavy atom. The van der Waals surface area contributed by atoms with Crippen LogP contribution in [-0.4, -0.2) is 73.6 Å². The van der Waals surface area contributed by atoms with Gasteiger partial charge in [0.2, 0.25) is 6.43 Å². The van der Waals surface area contributed by atoms with Crippen molar-refractivity contribution < 1.29 is 23.0 Å². The lowest BCUT2D eigenvalue weighted by atomic mass is 9.95. The summed E-state index contributed by atoms with van der Waals surface area (Å²) in [5, 5.41) is 0.842. The molecule has 0 saturated carbocycles. The molecule has 8 heteroatoms. The Morgan fingerprint density at radius 3 is 2.27 bits per heavy atom. The van der Waals surface area contributed by atoms with Crippen molar-refractivity contribution in [1.82, 2.24) is 4.90 Å². The summed E-state index contributed by atoms with van der Waals surface area (Å²) >= 11 is 1.48. The minimum absolute atomic E-state index is 0.227. The van der Waals surface area contributed by atoms with Gasteiger partial charge in [0, 0.05) is 33.7 Å². The van der Waals surface area contributed by atoms with Crippen molar-refractivity contribution >= 4 is 16.9 Å². The largest absolute Gasteiger partial charge is 0.373 e. The molecule has 0 aliphatic carbocycles. The zero-order valence-corrected chi connectivity index (χ0v) is 17.0. The molecule has 2 heterocycles. The van der Waals surface area contributed by atoms with Gasteiger partial charge in [0.15, 0.2) is 5.17 Å². The van der Waals surface area contributed by atoms with Crippen molar-refractivity contribution in [3.8, 4) is 0 Å². The number of ether oxygens (including phenoxy) is 3. The zero-order valence-electron chi connectivity index (χ0n) is 16.2. The molecule has 152 valence electrons. The summed E-state index contributed by atoms with van der Waals surface area (Å²) in [5.74, 6) is 0. The van der Waals surface area contributed by atoms with E-state index in [0.29, 0.717) is 13.2 Å². The highest BCUT2D eigenvalue weighted by molar-refractivity contribution is 8.14. The van der Waals surface area contributed by atoms with Crippen molar-refractivity contribution in [2.45, 2.75) is 82.2 Å². The third kappa shape index (κ3) is 5.78. The van der Waals surface area contributed by atoms with Gasteiger partial charge in [-0.15, -0.1) is 0 Å². The van der Waals surface area contributed by atoms with E-state index in [0.717, 1.165) is 30.9 Å². The van der Waals surface area contributed by atoms with Gasteiger partial charge in [0.1, 0.15) is 23.7 Å². The Kier molecular flexibility index (Phi) is 9.06. The van der Waals surface area contributed by atoms with Gasteiger partial charge in [-0.2, -0.15) is 0 Å². The first-order valence-electron chi connectivity index (χ1n) is 9.56. The maximum Gasteiger partial charge on any atom is 0.241 e. The molecule has 5 atom stereocenters. The molecule has 0 aromatic heterocycles. The van der Waals surface area contributed by atoms with E-state index >= 15 is 0 Å². The molecule has 0 N–H and O–H groups in total. The minimum atomic E-state index is -2.44. The molecule has 0 amide bonds. The molecule has 2 rings (SSSR count). The molecule has 2 aliphatic rings. The third-order valence-corrected chi connectivity index (χ3v) is 5.81. The predicted octanol–water partition coefficient (Wildman–Crippen LogP) is 3.77. The number of fused-ring (bicyclic) bond motifs is 1. The molecule has 1 saturated heterocycles. The van der Waals surface area contributed by atoms with Crippen molar-refractivity contribution in [2.24, 2.45) is 4.99 Å². The summed E-state index contributed by atoms with van der Waals surface area (Å²) in [5.41, 5.74) is -0.297. The number of nitrogens with zero attached hydrogens (tertiary/aromatic N) is 2. The lowest BCUT2D eigenvalue weighted by molar-refractivity contribution is -0.198. The number of hydrogen-bond acceptors (Lipinski definition) is 6. The molecular weight excluding hydrogens is 362 g/mol. The fraction of sp³-hybridized carbons (Fsp3) is 0.944. The van der Waals surface area contributed by atoms with Gasteiger partial charge in [0.05, 0.1) is 6.10 Å². The Labute approximate surface area is 159 Å². The second kappa shape index (κ2) is 10.8. The van der Waals surface area contributed by atoms with Gasteiger partial charge in [-0.05, 0) is 12.8 Å². The fourth-order valence-electron chi connectivity index (χ4n) is 3.09. The SMILES string of the molecule is CCCCO[C@@H]1[C@H]2N=C(N(C)C)S[C@H]2O[C@H](CC(F)F)[C@H]1OCCCC. The lowest BCUT2D eigenvalue weighted by Gasteiger charge is -2.42. The second-order valence-corrected chi connectivity index (χ2v) is 8.03. The van der Waals surface area contributed by atoms with Crippen LogP contribution in [0, 0.1) is 0 Å². The van der Waals surface area contributed by atoms with Crippen LogP contribution in [0.2, 0.25) is 0 Å². The quantitative estimate of drug-likeness (QED) is 0.528. The van der Waals surface area contributed by atoms with E-state index < -0.39 is 18.6 Å². The van der Waals surface area contributed by atoms with Crippen molar-refractivity contribution in [3.05, 3.63) is 0 Å². The van der Waals surface area contributed by atoms with Crippen LogP contribution in [0.15, 0.2) is 4.99 Å². The molecule has 0 bridgehead atoms. The summed E-state index contributed by atoms with van der Waals surface area (Å²) < 4.78 is 44.4. The van der Waals surface area contributed by atoms with Crippen LogP contribution in [0.25, 0.3) is 0 Å². The van der Waals surface area contributed by atoms with Crippen molar-refractivity contribution in [2.75, 3.05) is 27.3 Å². The van der Waals surface area contributed by atoms with E-state index in [1.54, 1.807) is 0 Å². The summed E-state index contributed by atoms with van der Waals surface area (Å²) in [6.07, 6.45) is -0.521. The Morgan fingerprint density at radius 2 is 1.73 bits per heavy atom. The average Bonchev–Trinajstić information content (AvgIpc) is 3.00. The van der Waals surface area contributed by atoms with Crippen LogP contribution in [0.5, 0.6) is 0 Å².